The summed E-state index contributed by atoms with van der Waals surface area (Å²) >= 11 is 0. The molecule has 4 heteroatoms. The summed E-state index contributed by atoms with van der Waals surface area (Å²) < 4.78 is 5.60. The van der Waals surface area contributed by atoms with Crippen LogP contribution in [0.15, 0.2) is 0 Å². The van der Waals surface area contributed by atoms with Gasteiger partial charge in [0.15, 0.2) is 0 Å². The number of nitrogens with zero attached hydrogens (tertiary/aromatic N) is 2. The third kappa shape index (κ3) is 3.34. The Morgan fingerprint density at radius 3 is 2.70 bits per heavy atom. The molecule has 2 aliphatic rings. The number of piperidine rings is 1. The zero-order valence-corrected chi connectivity index (χ0v) is 13.5. The number of hydrogen-bond acceptors (Lipinski definition) is 3. The van der Waals surface area contributed by atoms with Crippen LogP contribution in [-0.2, 0) is 9.53 Å². The summed E-state index contributed by atoms with van der Waals surface area (Å²) in [5.74, 6) is 1.44. The van der Waals surface area contributed by atoms with Crippen molar-refractivity contribution in [2.45, 2.75) is 45.6 Å². The molecule has 2 heterocycles. The van der Waals surface area contributed by atoms with Crippen LogP contribution in [0.3, 0.4) is 0 Å². The Labute approximate surface area is 123 Å². The first kappa shape index (κ1) is 15.8. The summed E-state index contributed by atoms with van der Waals surface area (Å²) in [6.45, 7) is 10.9. The maximum Gasteiger partial charge on any atom is 0.222 e. The predicted molar refractivity (Wildman–Crippen MR) is 80.6 cm³/mol. The molecular weight excluding hydrogens is 252 g/mol. The van der Waals surface area contributed by atoms with Crippen LogP contribution in [0.1, 0.15) is 40.0 Å². The second kappa shape index (κ2) is 6.44. The molecule has 116 valence electrons. The fourth-order valence-corrected chi connectivity index (χ4v) is 3.52. The molecule has 1 amide bonds. The molecule has 1 atom stereocenters. The van der Waals surface area contributed by atoms with Crippen molar-refractivity contribution in [3.8, 4) is 0 Å². The molecule has 0 saturated carbocycles. The van der Waals surface area contributed by atoms with Gasteiger partial charge in [-0.2, -0.15) is 0 Å². The van der Waals surface area contributed by atoms with E-state index in [1.807, 2.05) is 4.90 Å². The third-order valence-corrected chi connectivity index (χ3v) is 4.81. The summed E-state index contributed by atoms with van der Waals surface area (Å²) in [6, 6.07) is 0. The second-order valence-electron chi connectivity index (χ2n) is 7.01. The Kier molecular flexibility index (Phi) is 5.08. The molecule has 0 aromatic heterocycles. The summed E-state index contributed by atoms with van der Waals surface area (Å²) in [7, 11) is 2.21. The molecule has 0 bridgehead atoms. The highest BCUT2D eigenvalue weighted by atomic mass is 16.5. The van der Waals surface area contributed by atoms with Crippen molar-refractivity contribution in [2.24, 2.45) is 11.8 Å². The highest BCUT2D eigenvalue weighted by Crippen LogP contribution is 2.38. The summed E-state index contributed by atoms with van der Waals surface area (Å²) in [5.41, 5.74) is 0.229. The smallest absolute Gasteiger partial charge is 0.222 e. The van der Waals surface area contributed by atoms with Crippen LogP contribution in [0.25, 0.3) is 0 Å². The summed E-state index contributed by atoms with van der Waals surface area (Å²) in [5, 5.41) is 0. The lowest BCUT2D eigenvalue weighted by molar-refractivity contribution is -0.151. The minimum absolute atomic E-state index is 0.229. The summed E-state index contributed by atoms with van der Waals surface area (Å²) in [4.78, 5) is 16.6. The summed E-state index contributed by atoms with van der Waals surface area (Å²) in [6.07, 6.45) is 3.08. The van der Waals surface area contributed by atoms with Crippen molar-refractivity contribution in [3.05, 3.63) is 0 Å². The quantitative estimate of drug-likeness (QED) is 0.773. The molecule has 0 aromatic carbocycles. The van der Waals surface area contributed by atoms with E-state index in [1.54, 1.807) is 0 Å². The highest BCUT2D eigenvalue weighted by Gasteiger charge is 2.50. The SMILES string of the molecule is CCOCC1CCN(C)C2(C1)CN(C(=O)CC(C)C)C2. The van der Waals surface area contributed by atoms with E-state index in [4.69, 9.17) is 4.74 Å². The average Bonchev–Trinajstić information content (AvgIpc) is 2.34. The van der Waals surface area contributed by atoms with Crippen LogP contribution in [0.4, 0.5) is 0 Å². The van der Waals surface area contributed by atoms with Gasteiger partial charge in [-0.25, -0.2) is 0 Å². The molecule has 1 spiro atoms. The Balaban J connectivity index is 1.86. The molecule has 20 heavy (non-hydrogen) atoms. The van der Waals surface area contributed by atoms with Crippen molar-refractivity contribution in [1.82, 2.24) is 9.80 Å². The van der Waals surface area contributed by atoms with Gasteiger partial charge < -0.3 is 9.64 Å². The molecule has 2 rings (SSSR count). The van der Waals surface area contributed by atoms with Crippen molar-refractivity contribution in [2.75, 3.05) is 39.9 Å². The van der Waals surface area contributed by atoms with Crippen molar-refractivity contribution in [3.63, 3.8) is 0 Å². The number of carbonyl (C=O) groups is 1. The van der Waals surface area contributed by atoms with Crippen LogP contribution in [0, 0.1) is 11.8 Å². The van der Waals surface area contributed by atoms with E-state index in [0.717, 1.165) is 32.8 Å². The minimum atomic E-state index is 0.229. The number of carbonyl (C=O) groups excluding carboxylic acids is 1. The van der Waals surface area contributed by atoms with Gasteiger partial charge in [0.1, 0.15) is 0 Å². The van der Waals surface area contributed by atoms with Gasteiger partial charge in [-0.3, -0.25) is 9.69 Å². The van der Waals surface area contributed by atoms with Gasteiger partial charge in [-0.15, -0.1) is 0 Å². The maximum atomic E-state index is 12.1. The van der Waals surface area contributed by atoms with E-state index in [2.05, 4.69) is 32.7 Å². The fraction of sp³-hybridized carbons (Fsp3) is 0.938. The zero-order chi connectivity index (χ0) is 14.8. The van der Waals surface area contributed by atoms with Crippen molar-refractivity contribution < 1.29 is 9.53 Å². The van der Waals surface area contributed by atoms with Gasteiger partial charge in [0.05, 0.1) is 5.54 Å². The van der Waals surface area contributed by atoms with Crippen molar-refractivity contribution in [1.29, 1.82) is 0 Å². The second-order valence-corrected chi connectivity index (χ2v) is 7.01. The van der Waals surface area contributed by atoms with E-state index >= 15 is 0 Å². The van der Waals surface area contributed by atoms with E-state index < -0.39 is 0 Å². The molecule has 0 aromatic rings. The Bertz CT molecular complexity index is 335. The normalized spacial score (nSPS) is 26.1. The Morgan fingerprint density at radius 1 is 1.40 bits per heavy atom. The van der Waals surface area contributed by atoms with E-state index in [-0.39, 0.29) is 5.54 Å². The van der Waals surface area contributed by atoms with Crippen LogP contribution >= 0.6 is 0 Å². The first-order valence-corrected chi connectivity index (χ1v) is 8.03. The molecule has 0 aliphatic carbocycles. The monoisotopic (exact) mass is 282 g/mol. The van der Waals surface area contributed by atoms with Crippen LogP contribution in [0.2, 0.25) is 0 Å². The third-order valence-electron chi connectivity index (χ3n) is 4.81. The van der Waals surface area contributed by atoms with E-state index in [1.165, 1.54) is 12.8 Å². The number of hydrogen-bond donors (Lipinski definition) is 0. The molecule has 0 radical (unpaired) electrons. The van der Waals surface area contributed by atoms with E-state index in [9.17, 15) is 4.79 Å². The predicted octanol–water partition coefficient (Wildman–Crippen LogP) is 1.99. The standard InChI is InChI=1S/C16H30N2O2/c1-5-20-10-14-6-7-17(4)16(9-14)11-18(12-16)15(19)8-13(2)3/h13-14H,5-12H2,1-4H3. The molecule has 2 saturated heterocycles. The maximum absolute atomic E-state index is 12.1. The Hall–Kier alpha value is -0.610. The highest BCUT2D eigenvalue weighted by molar-refractivity contribution is 5.77. The van der Waals surface area contributed by atoms with Gasteiger partial charge in [0, 0.05) is 32.7 Å². The van der Waals surface area contributed by atoms with Gasteiger partial charge >= 0.3 is 0 Å². The van der Waals surface area contributed by atoms with Crippen LogP contribution in [0.5, 0.6) is 0 Å². The van der Waals surface area contributed by atoms with Crippen LogP contribution < -0.4 is 0 Å². The molecule has 0 N–H and O–H groups in total. The fourth-order valence-electron chi connectivity index (χ4n) is 3.52. The zero-order valence-electron chi connectivity index (χ0n) is 13.5. The largest absolute Gasteiger partial charge is 0.381 e. The lowest BCUT2D eigenvalue weighted by atomic mass is 9.75. The molecule has 1 unspecified atom stereocenters. The first-order valence-electron chi connectivity index (χ1n) is 8.03. The molecule has 4 nitrogen and oxygen atoms in total. The first-order chi connectivity index (χ1) is 9.47. The average molecular weight is 282 g/mol. The number of likely N-dealkylation sites (tertiary alicyclic amines) is 2. The number of likely N-dealkylation sites (N-methyl/N-ethyl adjacent to an activating group) is 1. The van der Waals surface area contributed by atoms with Gasteiger partial charge in [-0.05, 0) is 45.2 Å². The van der Waals surface area contributed by atoms with Gasteiger partial charge in [0.2, 0.25) is 5.91 Å². The molecular formula is C16H30N2O2. The van der Waals surface area contributed by atoms with Crippen LogP contribution in [-0.4, -0.2) is 61.1 Å². The van der Waals surface area contributed by atoms with Crippen molar-refractivity contribution >= 4 is 5.91 Å². The topological polar surface area (TPSA) is 32.8 Å². The molecule has 2 fully saturated rings. The number of rotatable bonds is 5. The van der Waals surface area contributed by atoms with Gasteiger partial charge in [-0.1, -0.05) is 13.8 Å². The number of amides is 1. The lowest BCUT2D eigenvalue weighted by Gasteiger charge is -2.58. The van der Waals surface area contributed by atoms with E-state index in [0.29, 0.717) is 24.2 Å². The number of ether oxygens (including phenoxy) is 1. The Morgan fingerprint density at radius 2 is 2.10 bits per heavy atom. The molecule has 2 aliphatic heterocycles. The minimum Gasteiger partial charge on any atom is -0.381 e. The van der Waals surface area contributed by atoms with Gasteiger partial charge in [0.25, 0.3) is 0 Å². The lowest BCUT2D eigenvalue weighted by Crippen LogP contribution is -2.72.